The van der Waals surface area contributed by atoms with Gasteiger partial charge < -0.3 is 19.9 Å². The first-order valence-electron chi connectivity index (χ1n) is 6.97. The molecule has 5 nitrogen and oxygen atoms in total. The number of rotatable bonds is 7. The third kappa shape index (κ3) is 3.67. The highest BCUT2D eigenvalue weighted by Gasteiger charge is 2.36. The molecule has 0 aromatic heterocycles. The van der Waals surface area contributed by atoms with Crippen molar-refractivity contribution in [3.05, 3.63) is 23.8 Å². The maximum absolute atomic E-state index is 11.8. The molecular weight excluding hydrogens is 270 g/mol. The molecule has 0 radical (unpaired) electrons. The fourth-order valence-electron chi connectivity index (χ4n) is 2.46. The predicted octanol–water partition coefficient (Wildman–Crippen LogP) is 2.26. The molecule has 0 heterocycles. The molecule has 0 amide bonds. The fourth-order valence-corrected chi connectivity index (χ4v) is 2.46. The molecule has 0 spiro atoms. The normalized spacial score (nSPS) is 15.0. The summed E-state index contributed by atoms with van der Waals surface area (Å²) in [4.78, 5) is 11.8. The van der Waals surface area contributed by atoms with Crippen LogP contribution >= 0.6 is 0 Å². The lowest BCUT2D eigenvalue weighted by atomic mass is 9.72. The number of nitrogens with two attached hydrogens (primary N) is 1. The first-order chi connectivity index (χ1) is 9.92. The fraction of sp³-hybridized carbons (Fsp3) is 0.562. The molecule has 2 N–H and O–H groups in total. The lowest BCUT2D eigenvalue weighted by Crippen LogP contribution is -2.44. The molecule has 1 aromatic carbocycles. The summed E-state index contributed by atoms with van der Waals surface area (Å²) in [7, 11) is 4.55. The first-order valence-corrected chi connectivity index (χ1v) is 6.97. The van der Waals surface area contributed by atoms with Gasteiger partial charge in [-0.25, -0.2) is 0 Å². The van der Waals surface area contributed by atoms with E-state index in [4.69, 9.17) is 19.9 Å². The molecule has 0 aliphatic rings. The summed E-state index contributed by atoms with van der Waals surface area (Å²) < 4.78 is 15.4. The molecule has 1 rings (SSSR count). The Hall–Kier alpha value is -1.75. The number of hydrogen-bond acceptors (Lipinski definition) is 5. The van der Waals surface area contributed by atoms with Gasteiger partial charge in [0.15, 0.2) is 11.5 Å². The SMILES string of the molecule is CCC(N)C(C)(CC(=O)OC)c1ccc(OC)c(OC)c1. The van der Waals surface area contributed by atoms with Crippen molar-refractivity contribution in [1.82, 2.24) is 0 Å². The maximum Gasteiger partial charge on any atom is 0.306 e. The van der Waals surface area contributed by atoms with Crippen molar-refractivity contribution in [2.24, 2.45) is 5.73 Å². The molecule has 0 aliphatic carbocycles. The standard InChI is InChI=1S/C16H25NO4/c1-6-14(17)16(2,10-15(18)21-5)11-7-8-12(19-3)13(9-11)20-4/h7-9,14H,6,10,17H2,1-5H3. The molecule has 0 aliphatic heterocycles. The Kier molecular flexibility index (Phi) is 6.03. The quantitative estimate of drug-likeness (QED) is 0.781. The van der Waals surface area contributed by atoms with Crippen LogP contribution in [-0.4, -0.2) is 33.3 Å². The molecule has 1 aromatic rings. The van der Waals surface area contributed by atoms with Crippen molar-refractivity contribution >= 4 is 5.97 Å². The van der Waals surface area contributed by atoms with Crippen molar-refractivity contribution in [2.75, 3.05) is 21.3 Å². The molecule has 0 saturated heterocycles. The van der Waals surface area contributed by atoms with Crippen molar-refractivity contribution in [2.45, 2.75) is 38.1 Å². The van der Waals surface area contributed by atoms with Gasteiger partial charge in [0.1, 0.15) is 0 Å². The highest BCUT2D eigenvalue weighted by atomic mass is 16.5. The van der Waals surface area contributed by atoms with Gasteiger partial charge in [-0.3, -0.25) is 4.79 Å². The number of benzene rings is 1. The Bertz CT molecular complexity index is 489. The van der Waals surface area contributed by atoms with E-state index in [1.165, 1.54) is 7.11 Å². The van der Waals surface area contributed by atoms with Crippen molar-refractivity contribution in [3.63, 3.8) is 0 Å². The van der Waals surface area contributed by atoms with Crippen LogP contribution in [0.3, 0.4) is 0 Å². The van der Waals surface area contributed by atoms with Gasteiger partial charge in [0.2, 0.25) is 0 Å². The second kappa shape index (κ2) is 7.31. The van der Waals surface area contributed by atoms with E-state index in [0.717, 1.165) is 12.0 Å². The molecule has 118 valence electrons. The minimum absolute atomic E-state index is 0.172. The van der Waals surface area contributed by atoms with E-state index in [1.807, 2.05) is 32.0 Å². The summed E-state index contributed by atoms with van der Waals surface area (Å²) >= 11 is 0. The van der Waals surface area contributed by atoms with E-state index >= 15 is 0 Å². The van der Waals surface area contributed by atoms with Gasteiger partial charge in [-0.15, -0.1) is 0 Å². The number of carbonyl (C=O) groups excluding carboxylic acids is 1. The van der Waals surface area contributed by atoms with Crippen molar-refractivity contribution in [1.29, 1.82) is 0 Å². The molecule has 0 fully saturated rings. The number of methoxy groups -OCH3 is 3. The van der Waals surface area contributed by atoms with Gasteiger partial charge in [0.05, 0.1) is 27.8 Å². The molecule has 5 heteroatoms. The Morgan fingerprint density at radius 1 is 1.24 bits per heavy atom. The van der Waals surface area contributed by atoms with Crippen LogP contribution < -0.4 is 15.2 Å². The van der Waals surface area contributed by atoms with Crippen LogP contribution in [0.2, 0.25) is 0 Å². The van der Waals surface area contributed by atoms with Crippen LogP contribution in [-0.2, 0) is 14.9 Å². The Morgan fingerprint density at radius 3 is 2.33 bits per heavy atom. The summed E-state index contributed by atoms with van der Waals surface area (Å²) in [5, 5.41) is 0. The van der Waals surface area contributed by atoms with Crippen LogP contribution in [0, 0.1) is 0 Å². The lowest BCUT2D eigenvalue weighted by molar-refractivity contribution is -0.142. The number of ether oxygens (including phenoxy) is 3. The lowest BCUT2D eigenvalue weighted by Gasteiger charge is -2.35. The topological polar surface area (TPSA) is 70.8 Å². The van der Waals surface area contributed by atoms with Gasteiger partial charge in [0, 0.05) is 11.5 Å². The van der Waals surface area contributed by atoms with Gasteiger partial charge in [-0.05, 0) is 24.1 Å². The van der Waals surface area contributed by atoms with Crippen LogP contribution in [0.4, 0.5) is 0 Å². The summed E-state index contributed by atoms with van der Waals surface area (Å²) in [6.07, 6.45) is 0.968. The van der Waals surface area contributed by atoms with E-state index in [2.05, 4.69) is 0 Å². The van der Waals surface area contributed by atoms with Gasteiger partial charge >= 0.3 is 5.97 Å². The summed E-state index contributed by atoms with van der Waals surface area (Å²) in [6.45, 7) is 3.97. The average molecular weight is 295 g/mol. The Labute approximate surface area is 126 Å². The average Bonchev–Trinajstić information content (AvgIpc) is 2.52. The van der Waals surface area contributed by atoms with E-state index < -0.39 is 5.41 Å². The van der Waals surface area contributed by atoms with Crippen LogP contribution in [0.25, 0.3) is 0 Å². The minimum atomic E-state index is -0.526. The highest BCUT2D eigenvalue weighted by Crippen LogP contribution is 2.37. The van der Waals surface area contributed by atoms with E-state index in [9.17, 15) is 4.79 Å². The van der Waals surface area contributed by atoms with E-state index in [1.54, 1.807) is 14.2 Å². The molecule has 0 bridgehead atoms. The third-order valence-corrected chi connectivity index (χ3v) is 4.04. The maximum atomic E-state index is 11.8. The number of esters is 1. The second-order valence-corrected chi connectivity index (χ2v) is 5.25. The first kappa shape index (κ1) is 17.3. The van der Waals surface area contributed by atoms with Crippen LogP contribution in [0.1, 0.15) is 32.3 Å². The molecular formula is C16H25NO4. The Balaban J connectivity index is 3.29. The van der Waals surface area contributed by atoms with Crippen molar-refractivity contribution < 1.29 is 19.0 Å². The van der Waals surface area contributed by atoms with Gasteiger partial charge in [-0.1, -0.05) is 19.9 Å². The summed E-state index contributed by atoms with van der Waals surface area (Å²) in [5.41, 5.74) is 6.67. The van der Waals surface area contributed by atoms with E-state index in [-0.39, 0.29) is 18.4 Å². The van der Waals surface area contributed by atoms with Crippen LogP contribution in [0.5, 0.6) is 11.5 Å². The monoisotopic (exact) mass is 295 g/mol. The molecule has 2 unspecified atom stereocenters. The second-order valence-electron chi connectivity index (χ2n) is 5.25. The zero-order valence-corrected chi connectivity index (χ0v) is 13.4. The Morgan fingerprint density at radius 2 is 1.86 bits per heavy atom. The van der Waals surface area contributed by atoms with E-state index in [0.29, 0.717) is 11.5 Å². The largest absolute Gasteiger partial charge is 0.493 e. The van der Waals surface area contributed by atoms with Crippen LogP contribution in [0.15, 0.2) is 18.2 Å². The predicted molar refractivity (Wildman–Crippen MR) is 81.8 cm³/mol. The highest BCUT2D eigenvalue weighted by molar-refractivity contribution is 5.71. The zero-order chi connectivity index (χ0) is 16.0. The summed E-state index contributed by atoms with van der Waals surface area (Å²) in [6, 6.07) is 5.44. The van der Waals surface area contributed by atoms with Crippen molar-refractivity contribution in [3.8, 4) is 11.5 Å². The molecule has 0 saturated carbocycles. The molecule has 2 atom stereocenters. The number of carbonyl (C=O) groups is 1. The third-order valence-electron chi connectivity index (χ3n) is 4.04. The van der Waals surface area contributed by atoms with Gasteiger partial charge in [0.25, 0.3) is 0 Å². The minimum Gasteiger partial charge on any atom is -0.493 e. The van der Waals surface area contributed by atoms with Gasteiger partial charge in [-0.2, -0.15) is 0 Å². The summed E-state index contributed by atoms with van der Waals surface area (Å²) in [5.74, 6) is 0.984. The number of hydrogen-bond donors (Lipinski definition) is 1. The molecule has 21 heavy (non-hydrogen) atoms. The smallest absolute Gasteiger partial charge is 0.306 e. The zero-order valence-electron chi connectivity index (χ0n) is 13.4.